The lowest BCUT2D eigenvalue weighted by molar-refractivity contribution is -0.145. The van der Waals surface area contributed by atoms with Gasteiger partial charge in [-0.1, -0.05) is 0 Å². The van der Waals surface area contributed by atoms with Crippen LogP contribution in [0.2, 0.25) is 0 Å². The summed E-state index contributed by atoms with van der Waals surface area (Å²) in [5.41, 5.74) is -1.70. The lowest BCUT2D eigenvalue weighted by Gasteiger charge is -2.12. The molecule has 13 heavy (non-hydrogen) atoms. The van der Waals surface area contributed by atoms with Gasteiger partial charge in [0.2, 0.25) is 0 Å². The van der Waals surface area contributed by atoms with Crippen molar-refractivity contribution in [2.24, 2.45) is 5.41 Å². The van der Waals surface area contributed by atoms with E-state index < -0.39 is 40.6 Å². The van der Waals surface area contributed by atoms with E-state index in [1.54, 1.807) is 0 Å². The first-order chi connectivity index (χ1) is 5.61. The molecular weight excluding hydrogens is 220 g/mol. The molecule has 6 nitrogen and oxygen atoms in total. The molecule has 8 heteroatoms. The second-order valence-corrected chi connectivity index (χ2v) is 9.13. The Hall–Kier alpha value is -0.630. The molecule has 1 heterocycles. The van der Waals surface area contributed by atoms with Gasteiger partial charge >= 0.3 is 5.97 Å². The van der Waals surface area contributed by atoms with Crippen molar-refractivity contribution < 1.29 is 26.7 Å². The van der Waals surface area contributed by atoms with Crippen LogP contribution in [-0.2, 0) is 22.5 Å². The highest BCUT2D eigenvalue weighted by molar-refractivity contribution is 8.67. The number of carboxylic acid groups (broad SMARTS) is 1. The quantitative estimate of drug-likeness (QED) is 0.567. The van der Waals surface area contributed by atoms with E-state index in [-0.39, 0.29) is 0 Å². The van der Waals surface area contributed by atoms with Gasteiger partial charge < -0.3 is 5.11 Å². The maximum absolute atomic E-state index is 11.0. The number of rotatable bonds is 1. The molecule has 76 valence electrons. The molecule has 1 rings (SSSR count). The fourth-order valence-electron chi connectivity index (χ4n) is 1.13. The zero-order valence-electron chi connectivity index (χ0n) is 6.72. The Morgan fingerprint density at radius 3 is 1.62 bits per heavy atom. The standard InChI is InChI=1S/C5H8O6S2/c1-5(4(6)7)2-12(8,9)13(10,11)3-5/h2-3H2,1H3,(H,6,7). The van der Waals surface area contributed by atoms with Crippen molar-refractivity contribution in [1.82, 2.24) is 0 Å². The average Bonchev–Trinajstić information content (AvgIpc) is 1.97. The number of aliphatic carboxylic acids is 1. The van der Waals surface area contributed by atoms with Crippen molar-refractivity contribution in [3.05, 3.63) is 0 Å². The summed E-state index contributed by atoms with van der Waals surface area (Å²) in [6, 6.07) is 0. The first kappa shape index (κ1) is 10.5. The monoisotopic (exact) mass is 228 g/mol. The Morgan fingerprint density at radius 1 is 1.15 bits per heavy atom. The van der Waals surface area contributed by atoms with Crippen LogP contribution < -0.4 is 0 Å². The van der Waals surface area contributed by atoms with Crippen LogP contribution in [0, 0.1) is 5.41 Å². The zero-order chi connectivity index (χ0) is 10.5. The predicted molar refractivity (Wildman–Crippen MR) is 43.3 cm³/mol. The van der Waals surface area contributed by atoms with Gasteiger partial charge in [-0.15, -0.1) is 0 Å². The van der Waals surface area contributed by atoms with Crippen LogP contribution in [0.1, 0.15) is 6.92 Å². The molecule has 1 aliphatic rings. The van der Waals surface area contributed by atoms with Gasteiger partial charge in [0.15, 0.2) is 0 Å². The van der Waals surface area contributed by atoms with Crippen molar-refractivity contribution in [3.8, 4) is 0 Å². The molecule has 0 spiro atoms. The van der Waals surface area contributed by atoms with Gasteiger partial charge in [0, 0.05) is 0 Å². The minimum Gasteiger partial charge on any atom is -0.481 e. The minimum atomic E-state index is -4.29. The van der Waals surface area contributed by atoms with E-state index in [2.05, 4.69) is 0 Å². The first-order valence-electron chi connectivity index (χ1n) is 3.30. The normalized spacial score (nSPS) is 28.4. The second-order valence-electron chi connectivity index (χ2n) is 3.27. The summed E-state index contributed by atoms with van der Waals surface area (Å²) < 4.78 is 43.8. The van der Waals surface area contributed by atoms with Crippen molar-refractivity contribution in [1.29, 1.82) is 0 Å². The lowest BCUT2D eigenvalue weighted by atomic mass is 9.97. The molecule has 0 bridgehead atoms. The second kappa shape index (κ2) is 2.44. The summed E-state index contributed by atoms with van der Waals surface area (Å²) in [7, 11) is -8.57. The third-order valence-corrected chi connectivity index (χ3v) is 7.68. The fraction of sp³-hybridized carbons (Fsp3) is 0.800. The zero-order valence-corrected chi connectivity index (χ0v) is 8.35. The topological polar surface area (TPSA) is 106 Å². The van der Waals surface area contributed by atoms with Gasteiger partial charge in [-0.2, -0.15) is 0 Å². The maximum atomic E-state index is 11.0. The highest BCUT2D eigenvalue weighted by Gasteiger charge is 2.54. The third kappa shape index (κ3) is 1.44. The minimum absolute atomic E-state index is 0.836. The largest absolute Gasteiger partial charge is 0.481 e. The Kier molecular flexibility index (Phi) is 1.96. The number of hydrogen-bond acceptors (Lipinski definition) is 5. The van der Waals surface area contributed by atoms with Crippen molar-refractivity contribution in [2.75, 3.05) is 11.5 Å². The fourth-order valence-corrected chi connectivity index (χ4v) is 6.26. The van der Waals surface area contributed by atoms with Crippen molar-refractivity contribution in [2.45, 2.75) is 6.92 Å². The maximum Gasteiger partial charge on any atom is 0.311 e. The highest BCUT2D eigenvalue weighted by atomic mass is 33.2. The van der Waals surface area contributed by atoms with Crippen LogP contribution in [-0.4, -0.2) is 39.4 Å². The van der Waals surface area contributed by atoms with E-state index in [4.69, 9.17) is 5.11 Å². The Labute approximate surface area is 74.8 Å². The Morgan fingerprint density at radius 2 is 1.46 bits per heavy atom. The molecular formula is C5H8O6S2. The van der Waals surface area contributed by atoms with Crippen LogP contribution in [0.3, 0.4) is 0 Å². The van der Waals surface area contributed by atoms with Gasteiger partial charge in [0.05, 0.1) is 16.9 Å². The molecule has 0 atom stereocenters. The smallest absolute Gasteiger partial charge is 0.311 e. The summed E-state index contributed by atoms with van der Waals surface area (Å²) in [4.78, 5) is 10.6. The summed E-state index contributed by atoms with van der Waals surface area (Å²) in [6.07, 6.45) is 0. The van der Waals surface area contributed by atoms with E-state index in [0.29, 0.717) is 0 Å². The van der Waals surface area contributed by atoms with E-state index >= 15 is 0 Å². The van der Waals surface area contributed by atoms with Crippen molar-refractivity contribution >= 4 is 23.7 Å². The molecule has 0 radical (unpaired) electrons. The molecule has 0 aromatic heterocycles. The summed E-state index contributed by atoms with van der Waals surface area (Å²) in [5.74, 6) is -3.08. The van der Waals surface area contributed by atoms with Crippen LogP contribution in [0.4, 0.5) is 0 Å². The SMILES string of the molecule is CC1(C(=O)O)CS(=O)(=O)S(=O)(=O)C1. The summed E-state index contributed by atoms with van der Waals surface area (Å²) in [5, 5.41) is 8.61. The first-order valence-corrected chi connectivity index (χ1v) is 7.12. The molecule has 1 aliphatic heterocycles. The van der Waals surface area contributed by atoms with Crippen LogP contribution in [0.5, 0.6) is 0 Å². The number of carbonyl (C=O) groups is 1. The highest BCUT2D eigenvalue weighted by Crippen LogP contribution is 2.33. The molecule has 1 N–H and O–H groups in total. The van der Waals surface area contributed by atoms with E-state index in [9.17, 15) is 21.6 Å². The van der Waals surface area contributed by atoms with Gasteiger partial charge in [-0.3, -0.25) is 4.79 Å². The van der Waals surface area contributed by atoms with Gasteiger partial charge in [0.25, 0.3) is 17.7 Å². The molecule has 0 aromatic carbocycles. The van der Waals surface area contributed by atoms with E-state index in [1.807, 2.05) is 0 Å². The Bertz CT molecular complexity index is 407. The molecule has 0 aromatic rings. The molecule has 0 unspecified atom stereocenters. The van der Waals surface area contributed by atoms with Crippen LogP contribution in [0.15, 0.2) is 0 Å². The number of carboxylic acids is 1. The third-order valence-electron chi connectivity index (χ3n) is 1.89. The van der Waals surface area contributed by atoms with Crippen LogP contribution in [0.25, 0.3) is 0 Å². The van der Waals surface area contributed by atoms with Gasteiger partial charge in [-0.25, -0.2) is 16.8 Å². The molecule has 0 saturated carbocycles. The van der Waals surface area contributed by atoms with Crippen molar-refractivity contribution in [3.63, 3.8) is 0 Å². The average molecular weight is 228 g/mol. The van der Waals surface area contributed by atoms with Crippen LogP contribution >= 0.6 is 0 Å². The Balaban J connectivity index is 3.32. The predicted octanol–water partition coefficient (Wildman–Crippen LogP) is -1.16. The van der Waals surface area contributed by atoms with E-state index in [1.165, 1.54) is 0 Å². The summed E-state index contributed by atoms with van der Waals surface area (Å²) >= 11 is 0. The van der Waals surface area contributed by atoms with Gasteiger partial charge in [0.1, 0.15) is 0 Å². The molecule has 1 saturated heterocycles. The lowest BCUT2D eigenvalue weighted by Crippen LogP contribution is -2.31. The van der Waals surface area contributed by atoms with E-state index in [0.717, 1.165) is 6.92 Å². The molecule has 0 aliphatic carbocycles. The number of hydrogen-bond donors (Lipinski definition) is 1. The summed E-state index contributed by atoms with van der Waals surface area (Å²) in [6.45, 7) is 1.11. The molecule has 0 amide bonds. The van der Waals surface area contributed by atoms with Gasteiger partial charge in [-0.05, 0) is 6.92 Å². The molecule has 1 fully saturated rings.